The van der Waals surface area contributed by atoms with Gasteiger partial charge < -0.3 is 20.5 Å². The van der Waals surface area contributed by atoms with Crippen LogP contribution in [0.25, 0.3) is 0 Å². The average molecular weight is 275 g/mol. The smallest absolute Gasteiger partial charge is 0.229 e. The average Bonchev–Trinajstić information content (AvgIpc) is 2.29. The number of anilines is 2. The Morgan fingerprint density at radius 1 is 1.44 bits per heavy atom. The van der Waals surface area contributed by atoms with Crippen molar-refractivity contribution >= 4 is 29.7 Å². The van der Waals surface area contributed by atoms with Gasteiger partial charge in [-0.1, -0.05) is 6.92 Å². The molecular formula is C12H19ClN2O3. The second kappa shape index (κ2) is 7.79. The van der Waals surface area contributed by atoms with Crippen molar-refractivity contribution in [1.29, 1.82) is 0 Å². The number of nitrogen functional groups attached to an aromatic ring is 1. The molecule has 0 spiro atoms. The van der Waals surface area contributed by atoms with Gasteiger partial charge in [-0.25, -0.2) is 0 Å². The first-order valence-corrected chi connectivity index (χ1v) is 5.31. The predicted octanol–water partition coefficient (Wildman–Crippen LogP) is 1.92. The molecule has 18 heavy (non-hydrogen) atoms. The Morgan fingerprint density at radius 2 is 2.11 bits per heavy atom. The highest BCUT2D eigenvalue weighted by molar-refractivity contribution is 5.93. The second-order valence-electron chi connectivity index (χ2n) is 3.80. The fourth-order valence-electron chi connectivity index (χ4n) is 1.40. The summed E-state index contributed by atoms with van der Waals surface area (Å²) in [5, 5.41) is 2.76. The Morgan fingerprint density at radius 3 is 2.61 bits per heavy atom. The number of hydrogen-bond acceptors (Lipinski definition) is 4. The van der Waals surface area contributed by atoms with Crippen molar-refractivity contribution in [3.63, 3.8) is 0 Å². The Kier molecular flexibility index (Phi) is 7.16. The summed E-state index contributed by atoms with van der Waals surface area (Å²) in [4.78, 5) is 11.7. The van der Waals surface area contributed by atoms with Crippen molar-refractivity contribution in [3.8, 4) is 5.75 Å². The van der Waals surface area contributed by atoms with Gasteiger partial charge in [-0.05, 0) is 18.2 Å². The molecule has 0 aromatic heterocycles. The monoisotopic (exact) mass is 274 g/mol. The van der Waals surface area contributed by atoms with E-state index >= 15 is 0 Å². The quantitative estimate of drug-likeness (QED) is 0.805. The van der Waals surface area contributed by atoms with Crippen molar-refractivity contribution in [2.24, 2.45) is 5.92 Å². The highest BCUT2D eigenvalue weighted by Crippen LogP contribution is 2.24. The number of rotatable bonds is 5. The van der Waals surface area contributed by atoms with Crippen LogP contribution < -0.4 is 15.8 Å². The minimum atomic E-state index is -0.205. The summed E-state index contributed by atoms with van der Waals surface area (Å²) in [5.41, 5.74) is 6.88. The molecule has 1 aromatic carbocycles. The first-order chi connectivity index (χ1) is 8.08. The van der Waals surface area contributed by atoms with Crippen LogP contribution in [-0.2, 0) is 9.53 Å². The van der Waals surface area contributed by atoms with E-state index in [2.05, 4.69) is 5.32 Å². The number of halogens is 1. The number of carbonyl (C=O) groups excluding carboxylic acids is 1. The molecule has 1 rings (SSSR count). The Labute approximate surface area is 113 Å². The standard InChI is InChI=1S/C12H18N2O3.ClH/c1-8(7-16-2)12(15)14-9-4-5-11(17-3)10(13)6-9;/h4-6,8H,7,13H2,1-3H3,(H,14,15);1H. The molecule has 0 aliphatic heterocycles. The van der Waals surface area contributed by atoms with Crippen molar-refractivity contribution in [2.75, 3.05) is 31.9 Å². The van der Waals surface area contributed by atoms with Gasteiger partial charge >= 0.3 is 0 Å². The zero-order valence-electron chi connectivity index (χ0n) is 10.7. The topological polar surface area (TPSA) is 73.6 Å². The van der Waals surface area contributed by atoms with Gasteiger partial charge in [-0.15, -0.1) is 12.4 Å². The normalized spacial score (nSPS) is 11.3. The summed E-state index contributed by atoms with van der Waals surface area (Å²) in [6.45, 7) is 2.18. The zero-order chi connectivity index (χ0) is 12.8. The van der Waals surface area contributed by atoms with Crippen molar-refractivity contribution in [1.82, 2.24) is 0 Å². The number of amides is 1. The van der Waals surface area contributed by atoms with E-state index in [-0.39, 0.29) is 24.2 Å². The van der Waals surface area contributed by atoms with Gasteiger partial charge in [0.05, 0.1) is 25.3 Å². The molecular weight excluding hydrogens is 256 g/mol. The summed E-state index contributed by atoms with van der Waals surface area (Å²) in [7, 11) is 3.11. The van der Waals surface area contributed by atoms with Gasteiger partial charge in [0.15, 0.2) is 0 Å². The van der Waals surface area contributed by atoms with Crippen molar-refractivity contribution < 1.29 is 14.3 Å². The van der Waals surface area contributed by atoms with Gasteiger partial charge in [0.25, 0.3) is 0 Å². The number of methoxy groups -OCH3 is 2. The third-order valence-corrected chi connectivity index (χ3v) is 2.36. The maximum atomic E-state index is 11.7. The molecule has 0 bridgehead atoms. The fourth-order valence-corrected chi connectivity index (χ4v) is 1.40. The first-order valence-electron chi connectivity index (χ1n) is 5.31. The maximum Gasteiger partial charge on any atom is 0.229 e. The van der Waals surface area contributed by atoms with E-state index in [9.17, 15) is 4.79 Å². The zero-order valence-corrected chi connectivity index (χ0v) is 11.5. The van der Waals surface area contributed by atoms with E-state index in [1.807, 2.05) is 0 Å². The number of hydrogen-bond donors (Lipinski definition) is 2. The van der Waals surface area contributed by atoms with Crippen LogP contribution in [0.2, 0.25) is 0 Å². The van der Waals surface area contributed by atoms with E-state index < -0.39 is 0 Å². The summed E-state index contributed by atoms with van der Waals surface area (Å²) in [6, 6.07) is 5.12. The van der Waals surface area contributed by atoms with Crippen LogP contribution in [0.5, 0.6) is 5.75 Å². The number of benzene rings is 1. The molecule has 1 atom stereocenters. The molecule has 0 fully saturated rings. The fraction of sp³-hybridized carbons (Fsp3) is 0.417. The molecule has 1 unspecified atom stereocenters. The van der Waals surface area contributed by atoms with Crippen molar-refractivity contribution in [2.45, 2.75) is 6.92 Å². The van der Waals surface area contributed by atoms with Crippen LogP contribution in [0, 0.1) is 5.92 Å². The minimum Gasteiger partial charge on any atom is -0.495 e. The van der Waals surface area contributed by atoms with Gasteiger partial charge in [-0.2, -0.15) is 0 Å². The Bertz CT molecular complexity index is 399. The van der Waals surface area contributed by atoms with Gasteiger partial charge in [0.1, 0.15) is 5.75 Å². The number of ether oxygens (including phenoxy) is 2. The number of carbonyl (C=O) groups is 1. The van der Waals surface area contributed by atoms with E-state index in [1.54, 1.807) is 39.3 Å². The third-order valence-electron chi connectivity index (χ3n) is 2.36. The highest BCUT2D eigenvalue weighted by atomic mass is 35.5. The van der Waals surface area contributed by atoms with Crippen LogP contribution in [-0.4, -0.2) is 26.7 Å². The molecule has 0 saturated carbocycles. The lowest BCUT2D eigenvalue weighted by molar-refractivity contribution is -0.120. The molecule has 0 saturated heterocycles. The van der Waals surface area contributed by atoms with E-state index in [1.165, 1.54) is 0 Å². The van der Waals surface area contributed by atoms with Crippen LogP contribution in [0.3, 0.4) is 0 Å². The molecule has 3 N–H and O–H groups in total. The molecule has 6 heteroatoms. The molecule has 1 amide bonds. The molecule has 0 heterocycles. The van der Waals surface area contributed by atoms with Gasteiger partial charge in [-0.3, -0.25) is 4.79 Å². The molecule has 1 aromatic rings. The molecule has 0 aliphatic rings. The van der Waals surface area contributed by atoms with Crippen molar-refractivity contribution in [3.05, 3.63) is 18.2 Å². The SMILES string of the molecule is COCC(C)C(=O)Nc1ccc(OC)c(N)c1.Cl. The molecule has 0 radical (unpaired) electrons. The van der Waals surface area contributed by atoms with Crippen LogP contribution in [0.1, 0.15) is 6.92 Å². The summed E-state index contributed by atoms with van der Waals surface area (Å²) < 4.78 is 9.95. The summed E-state index contributed by atoms with van der Waals surface area (Å²) >= 11 is 0. The maximum absolute atomic E-state index is 11.7. The lowest BCUT2D eigenvalue weighted by Crippen LogP contribution is -2.23. The molecule has 5 nitrogen and oxygen atoms in total. The Balaban J connectivity index is 0.00000289. The summed E-state index contributed by atoms with van der Waals surface area (Å²) in [6.07, 6.45) is 0. The first kappa shape index (κ1) is 16.5. The number of nitrogens with two attached hydrogens (primary N) is 1. The molecule has 102 valence electrons. The van der Waals surface area contributed by atoms with E-state index in [0.29, 0.717) is 23.7 Å². The highest BCUT2D eigenvalue weighted by Gasteiger charge is 2.13. The largest absolute Gasteiger partial charge is 0.495 e. The van der Waals surface area contributed by atoms with E-state index in [4.69, 9.17) is 15.2 Å². The second-order valence-corrected chi connectivity index (χ2v) is 3.80. The minimum absolute atomic E-state index is 0. The predicted molar refractivity (Wildman–Crippen MR) is 74.3 cm³/mol. The lowest BCUT2D eigenvalue weighted by atomic mass is 10.1. The van der Waals surface area contributed by atoms with Crippen LogP contribution >= 0.6 is 12.4 Å². The van der Waals surface area contributed by atoms with Gasteiger partial charge in [0, 0.05) is 12.8 Å². The molecule has 0 aliphatic carbocycles. The lowest BCUT2D eigenvalue weighted by Gasteiger charge is -2.12. The third kappa shape index (κ3) is 4.43. The van der Waals surface area contributed by atoms with Crippen LogP contribution in [0.15, 0.2) is 18.2 Å². The van der Waals surface area contributed by atoms with E-state index in [0.717, 1.165) is 0 Å². The van der Waals surface area contributed by atoms with Crippen LogP contribution in [0.4, 0.5) is 11.4 Å². The Hall–Kier alpha value is -1.46. The summed E-state index contributed by atoms with van der Waals surface area (Å²) in [5.74, 6) is 0.285. The number of nitrogens with one attached hydrogen (secondary N) is 1. The van der Waals surface area contributed by atoms with Gasteiger partial charge in [0.2, 0.25) is 5.91 Å².